The molecule has 1 N–H and O–H groups in total. The molecule has 1 saturated carbocycles. The molecule has 0 heterocycles. The summed E-state index contributed by atoms with van der Waals surface area (Å²) in [5, 5.41) is 4.00. The van der Waals surface area contributed by atoms with Crippen molar-refractivity contribution in [3.63, 3.8) is 0 Å². The van der Waals surface area contributed by atoms with Crippen molar-refractivity contribution >= 4 is 40.8 Å². The number of carbonyl (C=O) groups excluding carboxylic acids is 2. The Labute approximate surface area is 193 Å². The van der Waals surface area contributed by atoms with E-state index in [2.05, 4.69) is 12.2 Å². The number of anilines is 1. The van der Waals surface area contributed by atoms with E-state index < -0.39 is 11.4 Å². The molecule has 2 aromatic carbocycles. The summed E-state index contributed by atoms with van der Waals surface area (Å²) in [6, 6.07) is 10.3. The summed E-state index contributed by atoms with van der Waals surface area (Å²) in [7, 11) is 1.32. The average Bonchev–Trinajstić information content (AvgIpc) is 3.25. The van der Waals surface area contributed by atoms with Gasteiger partial charge in [-0.1, -0.05) is 55.5 Å². The van der Waals surface area contributed by atoms with Crippen molar-refractivity contribution in [2.24, 2.45) is 0 Å². The summed E-state index contributed by atoms with van der Waals surface area (Å²) in [4.78, 5) is 25.7. The maximum Gasteiger partial charge on any atom is 0.341 e. The number of benzene rings is 2. The molecule has 1 amide bonds. The highest BCUT2D eigenvalue weighted by molar-refractivity contribution is 6.35. The molecule has 1 fully saturated rings. The van der Waals surface area contributed by atoms with Crippen molar-refractivity contribution in [1.29, 1.82) is 0 Å². The van der Waals surface area contributed by atoms with Crippen LogP contribution in [0.15, 0.2) is 36.4 Å². The molecule has 7 heteroatoms. The summed E-state index contributed by atoms with van der Waals surface area (Å²) in [6.45, 7) is 2.57. The predicted molar refractivity (Wildman–Crippen MR) is 123 cm³/mol. The quantitative estimate of drug-likeness (QED) is 0.362. The number of hydrogen-bond acceptors (Lipinski definition) is 4. The largest absolute Gasteiger partial charge is 0.493 e. The van der Waals surface area contributed by atoms with E-state index in [9.17, 15) is 9.59 Å². The van der Waals surface area contributed by atoms with E-state index >= 15 is 0 Å². The summed E-state index contributed by atoms with van der Waals surface area (Å²) in [6.07, 6.45) is 5.12. The van der Waals surface area contributed by atoms with Gasteiger partial charge in [-0.05, 0) is 55.2 Å². The molecule has 2 aromatic rings. The molecule has 1 aliphatic carbocycles. The first-order valence-electron chi connectivity index (χ1n) is 10.5. The molecule has 3 rings (SSSR count). The van der Waals surface area contributed by atoms with Crippen LogP contribution in [0.1, 0.15) is 61.4 Å². The van der Waals surface area contributed by atoms with Gasteiger partial charge in [0.1, 0.15) is 11.3 Å². The van der Waals surface area contributed by atoms with Crippen LogP contribution in [-0.4, -0.2) is 25.6 Å². The highest BCUT2D eigenvalue weighted by Crippen LogP contribution is 2.45. The first-order valence-corrected chi connectivity index (χ1v) is 11.3. The van der Waals surface area contributed by atoms with Crippen LogP contribution in [0.3, 0.4) is 0 Å². The van der Waals surface area contributed by atoms with Crippen LogP contribution in [0.2, 0.25) is 10.0 Å². The monoisotopic (exact) mass is 463 g/mol. The third kappa shape index (κ3) is 5.16. The molecule has 1 aliphatic rings. The lowest BCUT2D eigenvalue weighted by Gasteiger charge is -2.29. The fourth-order valence-corrected chi connectivity index (χ4v) is 4.64. The molecule has 31 heavy (non-hydrogen) atoms. The third-order valence-corrected chi connectivity index (χ3v) is 6.28. The first-order chi connectivity index (χ1) is 14.9. The van der Waals surface area contributed by atoms with Gasteiger partial charge in [0.15, 0.2) is 0 Å². The van der Waals surface area contributed by atoms with Crippen LogP contribution in [-0.2, 0) is 14.9 Å². The molecule has 0 bridgehead atoms. The van der Waals surface area contributed by atoms with Gasteiger partial charge in [0.25, 0.3) is 0 Å². The number of carbonyl (C=O) groups is 2. The Bertz CT molecular complexity index is 955. The number of esters is 1. The Morgan fingerprint density at radius 2 is 1.84 bits per heavy atom. The van der Waals surface area contributed by atoms with Gasteiger partial charge in [-0.2, -0.15) is 0 Å². The number of nitrogens with one attached hydrogen (secondary N) is 1. The third-order valence-electron chi connectivity index (χ3n) is 5.74. The Hall–Kier alpha value is -2.24. The number of methoxy groups -OCH3 is 1. The summed E-state index contributed by atoms with van der Waals surface area (Å²) >= 11 is 12.5. The summed E-state index contributed by atoms with van der Waals surface area (Å²) < 4.78 is 10.6. The van der Waals surface area contributed by atoms with Crippen molar-refractivity contribution in [3.8, 4) is 5.75 Å². The van der Waals surface area contributed by atoms with E-state index in [-0.39, 0.29) is 11.5 Å². The second-order valence-electron chi connectivity index (χ2n) is 7.77. The Balaban J connectivity index is 1.89. The van der Waals surface area contributed by atoms with Crippen molar-refractivity contribution in [1.82, 2.24) is 0 Å². The van der Waals surface area contributed by atoms with Gasteiger partial charge < -0.3 is 14.8 Å². The minimum absolute atomic E-state index is 0.148. The van der Waals surface area contributed by atoms with E-state index in [0.29, 0.717) is 40.9 Å². The van der Waals surface area contributed by atoms with E-state index in [4.69, 9.17) is 32.7 Å². The fourth-order valence-electron chi connectivity index (χ4n) is 4.06. The molecular weight excluding hydrogens is 437 g/mol. The topological polar surface area (TPSA) is 64.6 Å². The van der Waals surface area contributed by atoms with Crippen molar-refractivity contribution in [3.05, 3.63) is 57.6 Å². The Morgan fingerprint density at radius 1 is 1.10 bits per heavy atom. The minimum atomic E-state index is -0.733. The standard InChI is InChI=1S/C24H27Cl2NO4/c1-3-4-13-31-21-10-8-17(15-18(21)22(28)30-2)27-23(29)24(11-5-6-12-24)19-9-7-16(25)14-20(19)26/h7-10,14-15H,3-6,11-13H2,1-2H3,(H,27,29). The van der Waals surface area contributed by atoms with Crippen LogP contribution < -0.4 is 10.1 Å². The smallest absolute Gasteiger partial charge is 0.341 e. The number of hydrogen-bond donors (Lipinski definition) is 1. The molecule has 0 saturated heterocycles. The Kier molecular flexibility index (Phi) is 7.84. The molecular formula is C24H27Cl2NO4. The van der Waals surface area contributed by atoms with Crippen molar-refractivity contribution < 1.29 is 19.1 Å². The predicted octanol–water partition coefficient (Wildman–Crippen LogP) is 6.41. The number of rotatable bonds is 8. The van der Waals surface area contributed by atoms with Crippen LogP contribution in [0.5, 0.6) is 5.75 Å². The number of amides is 1. The van der Waals surface area contributed by atoms with Crippen LogP contribution in [0.25, 0.3) is 0 Å². The van der Waals surface area contributed by atoms with E-state index in [1.807, 2.05) is 6.07 Å². The highest BCUT2D eigenvalue weighted by atomic mass is 35.5. The van der Waals surface area contributed by atoms with E-state index in [1.54, 1.807) is 30.3 Å². The number of ether oxygens (including phenoxy) is 2. The Morgan fingerprint density at radius 3 is 2.48 bits per heavy atom. The van der Waals surface area contributed by atoms with Crippen molar-refractivity contribution in [2.45, 2.75) is 50.9 Å². The molecule has 0 radical (unpaired) electrons. The van der Waals surface area contributed by atoms with Gasteiger partial charge in [-0.15, -0.1) is 0 Å². The molecule has 0 aliphatic heterocycles. The van der Waals surface area contributed by atoms with Crippen LogP contribution in [0.4, 0.5) is 5.69 Å². The highest BCUT2D eigenvalue weighted by Gasteiger charge is 2.44. The van der Waals surface area contributed by atoms with Crippen molar-refractivity contribution in [2.75, 3.05) is 19.0 Å². The zero-order chi connectivity index (χ0) is 22.4. The number of unbranched alkanes of at least 4 members (excludes halogenated alkanes) is 1. The lowest BCUT2D eigenvalue weighted by Crippen LogP contribution is -2.38. The van der Waals surface area contributed by atoms with Gasteiger partial charge >= 0.3 is 5.97 Å². The molecule has 0 atom stereocenters. The van der Waals surface area contributed by atoms with Crippen LogP contribution >= 0.6 is 23.2 Å². The molecule has 0 aromatic heterocycles. The van der Waals surface area contributed by atoms with E-state index in [1.165, 1.54) is 7.11 Å². The maximum absolute atomic E-state index is 13.5. The minimum Gasteiger partial charge on any atom is -0.493 e. The molecule has 0 spiro atoms. The first kappa shape index (κ1) is 23.4. The molecule has 166 valence electrons. The second-order valence-corrected chi connectivity index (χ2v) is 8.62. The van der Waals surface area contributed by atoms with Crippen LogP contribution in [0, 0.1) is 0 Å². The maximum atomic E-state index is 13.5. The van der Waals surface area contributed by atoms with E-state index in [0.717, 1.165) is 31.2 Å². The lowest BCUT2D eigenvalue weighted by atomic mass is 9.78. The van der Waals surface area contributed by atoms with Gasteiger partial charge in [-0.3, -0.25) is 4.79 Å². The normalized spacial score (nSPS) is 14.8. The van der Waals surface area contributed by atoms with Gasteiger partial charge in [0, 0.05) is 15.7 Å². The second kappa shape index (κ2) is 10.4. The summed E-state index contributed by atoms with van der Waals surface area (Å²) in [5.41, 5.74) is 0.830. The zero-order valence-corrected chi connectivity index (χ0v) is 19.3. The lowest BCUT2D eigenvalue weighted by molar-refractivity contribution is -0.121. The molecule has 0 unspecified atom stereocenters. The molecule has 5 nitrogen and oxygen atoms in total. The zero-order valence-electron chi connectivity index (χ0n) is 17.8. The fraction of sp³-hybridized carbons (Fsp3) is 0.417. The van der Waals surface area contributed by atoms with Gasteiger partial charge in [0.2, 0.25) is 5.91 Å². The SMILES string of the molecule is CCCCOc1ccc(NC(=O)C2(c3ccc(Cl)cc3Cl)CCCC2)cc1C(=O)OC. The van der Waals surface area contributed by atoms with Gasteiger partial charge in [0.05, 0.1) is 19.1 Å². The summed E-state index contributed by atoms with van der Waals surface area (Å²) in [5.74, 6) is -0.224. The number of halogens is 2. The van der Waals surface area contributed by atoms with Gasteiger partial charge in [-0.25, -0.2) is 4.79 Å². The average molecular weight is 464 g/mol.